The molecule has 2 aromatic heterocycles. The van der Waals surface area contributed by atoms with Crippen molar-refractivity contribution in [3.63, 3.8) is 0 Å². The Bertz CT molecular complexity index is 813. The molecule has 1 N–H and O–H groups in total. The summed E-state index contributed by atoms with van der Waals surface area (Å²) in [5, 5.41) is 11.5. The van der Waals surface area contributed by atoms with E-state index in [1.165, 1.54) is 11.3 Å². The molecule has 0 spiro atoms. The van der Waals surface area contributed by atoms with Gasteiger partial charge in [-0.1, -0.05) is 29.5 Å². The predicted molar refractivity (Wildman–Crippen MR) is 93.6 cm³/mol. The smallest absolute Gasteiger partial charge is 0.257 e. The van der Waals surface area contributed by atoms with Gasteiger partial charge in [0.2, 0.25) is 10.3 Å². The predicted octanol–water partition coefficient (Wildman–Crippen LogP) is 4.37. The van der Waals surface area contributed by atoms with Gasteiger partial charge in [-0.2, -0.15) is 0 Å². The molecule has 0 fully saturated rings. The van der Waals surface area contributed by atoms with E-state index < -0.39 is 0 Å². The van der Waals surface area contributed by atoms with Crippen molar-refractivity contribution in [2.45, 2.75) is 0 Å². The highest BCUT2D eigenvalue weighted by atomic mass is 79.9. The minimum absolute atomic E-state index is 0.213. The maximum Gasteiger partial charge on any atom is 0.257 e. The molecule has 0 saturated carbocycles. The molecule has 2 heterocycles. The number of aliphatic imine (C=N–C) groups is 1. The van der Waals surface area contributed by atoms with Crippen molar-refractivity contribution in [1.29, 1.82) is 0 Å². The van der Waals surface area contributed by atoms with Crippen LogP contribution in [0.25, 0.3) is 0 Å². The van der Waals surface area contributed by atoms with E-state index in [4.69, 9.17) is 0 Å². The molecular weight excluding hydrogens is 384 g/mol. The summed E-state index contributed by atoms with van der Waals surface area (Å²) in [5.41, 5.74) is 0.575. The third kappa shape index (κ3) is 3.85. The normalized spacial score (nSPS) is 11.0. The van der Waals surface area contributed by atoms with Crippen LogP contribution >= 0.6 is 38.6 Å². The van der Waals surface area contributed by atoms with Crippen molar-refractivity contribution in [3.05, 3.63) is 56.7 Å². The van der Waals surface area contributed by atoms with Crippen LogP contribution in [0.3, 0.4) is 0 Å². The lowest BCUT2D eigenvalue weighted by Gasteiger charge is -1.99. The van der Waals surface area contributed by atoms with Crippen LogP contribution in [0.15, 0.2) is 51.2 Å². The molecule has 1 aromatic carbocycles. The van der Waals surface area contributed by atoms with Gasteiger partial charge in [0.05, 0.1) is 3.79 Å². The quantitative estimate of drug-likeness (QED) is 0.670. The monoisotopic (exact) mass is 392 g/mol. The van der Waals surface area contributed by atoms with Crippen molar-refractivity contribution >= 4 is 61.0 Å². The Kier molecular flexibility index (Phi) is 4.71. The second kappa shape index (κ2) is 6.91. The lowest BCUT2D eigenvalue weighted by Crippen LogP contribution is -2.11. The van der Waals surface area contributed by atoms with E-state index in [0.29, 0.717) is 15.8 Å². The fraction of sp³-hybridized carbons (Fsp3) is 0. The zero-order valence-electron chi connectivity index (χ0n) is 11.1. The molecule has 3 rings (SSSR count). The zero-order valence-corrected chi connectivity index (χ0v) is 14.3. The second-order valence-corrected chi connectivity index (χ2v) is 7.56. The average molecular weight is 393 g/mol. The first kappa shape index (κ1) is 15.0. The number of carbonyl (C=O) groups is 1. The number of hydrogen-bond donors (Lipinski definition) is 1. The van der Waals surface area contributed by atoms with Crippen LogP contribution in [-0.2, 0) is 0 Å². The van der Waals surface area contributed by atoms with Crippen molar-refractivity contribution < 1.29 is 4.79 Å². The summed E-state index contributed by atoms with van der Waals surface area (Å²) in [6.45, 7) is 0. The lowest BCUT2D eigenvalue weighted by molar-refractivity contribution is 0.102. The Labute approximate surface area is 142 Å². The summed E-state index contributed by atoms with van der Waals surface area (Å²) in [6.07, 6.45) is 1.72. The Balaban J connectivity index is 1.66. The largest absolute Gasteiger partial charge is 0.296 e. The van der Waals surface area contributed by atoms with Gasteiger partial charge in [0.1, 0.15) is 0 Å². The highest BCUT2D eigenvalue weighted by Crippen LogP contribution is 2.25. The third-order valence-corrected chi connectivity index (χ3v) is 4.87. The Morgan fingerprint density at radius 3 is 2.68 bits per heavy atom. The van der Waals surface area contributed by atoms with Gasteiger partial charge in [-0.15, -0.1) is 21.5 Å². The van der Waals surface area contributed by atoms with E-state index in [9.17, 15) is 4.79 Å². The summed E-state index contributed by atoms with van der Waals surface area (Å²) >= 11 is 6.19. The van der Waals surface area contributed by atoms with Crippen LogP contribution < -0.4 is 5.32 Å². The van der Waals surface area contributed by atoms with Crippen molar-refractivity contribution in [2.75, 3.05) is 5.32 Å². The number of nitrogens with zero attached hydrogens (tertiary/aromatic N) is 3. The second-order valence-electron chi connectivity index (χ2n) is 4.11. The number of nitrogens with one attached hydrogen (secondary N) is 1. The molecule has 0 radical (unpaired) electrons. The highest BCUT2D eigenvalue weighted by Gasteiger charge is 2.09. The molecular formula is C14H9BrN4OS2. The topological polar surface area (TPSA) is 67.2 Å². The van der Waals surface area contributed by atoms with E-state index in [-0.39, 0.29) is 5.91 Å². The molecule has 3 aromatic rings. The van der Waals surface area contributed by atoms with Crippen molar-refractivity contribution in [1.82, 2.24) is 10.2 Å². The van der Waals surface area contributed by atoms with Crippen LogP contribution in [0.1, 0.15) is 15.2 Å². The first-order chi connectivity index (χ1) is 10.7. The molecule has 0 atom stereocenters. The lowest BCUT2D eigenvalue weighted by atomic mass is 10.2. The molecule has 110 valence electrons. The molecule has 0 bridgehead atoms. The SMILES string of the molecule is O=C(Nc1nnc(/N=C/c2ccc(Br)s2)s1)c1ccccc1. The Morgan fingerprint density at radius 2 is 1.95 bits per heavy atom. The van der Waals surface area contributed by atoms with Crippen LogP contribution in [0.5, 0.6) is 0 Å². The van der Waals surface area contributed by atoms with Crippen LogP contribution in [0.4, 0.5) is 10.3 Å². The number of benzene rings is 1. The third-order valence-electron chi connectivity index (χ3n) is 2.57. The maximum atomic E-state index is 12.0. The Morgan fingerprint density at radius 1 is 1.14 bits per heavy atom. The average Bonchev–Trinajstić information content (AvgIpc) is 3.15. The van der Waals surface area contributed by atoms with Gasteiger partial charge in [-0.3, -0.25) is 10.1 Å². The fourth-order valence-corrected chi connectivity index (χ4v) is 3.47. The minimum Gasteiger partial charge on any atom is -0.296 e. The van der Waals surface area contributed by atoms with E-state index in [1.54, 1.807) is 29.7 Å². The molecule has 0 aliphatic carbocycles. The van der Waals surface area contributed by atoms with Gasteiger partial charge in [0.15, 0.2) is 0 Å². The molecule has 0 aliphatic heterocycles. The van der Waals surface area contributed by atoms with Crippen molar-refractivity contribution in [2.24, 2.45) is 4.99 Å². The number of rotatable bonds is 4. The van der Waals surface area contributed by atoms with Crippen LogP contribution in [-0.4, -0.2) is 22.3 Å². The van der Waals surface area contributed by atoms with Gasteiger partial charge in [0, 0.05) is 16.7 Å². The number of halogens is 1. The number of anilines is 1. The number of aromatic nitrogens is 2. The summed E-state index contributed by atoms with van der Waals surface area (Å²) in [7, 11) is 0. The van der Waals surface area contributed by atoms with Crippen LogP contribution in [0.2, 0.25) is 0 Å². The van der Waals surface area contributed by atoms with E-state index in [1.807, 2.05) is 30.3 Å². The van der Waals surface area contributed by atoms with Gasteiger partial charge < -0.3 is 0 Å². The van der Waals surface area contributed by atoms with Gasteiger partial charge in [0.25, 0.3) is 5.91 Å². The summed E-state index contributed by atoms with van der Waals surface area (Å²) < 4.78 is 1.04. The number of amides is 1. The van der Waals surface area contributed by atoms with Crippen LogP contribution in [0, 0.1) is 0 Å². The number of thiophene rings is 1. The standard InChI is InChI=1S/C14H9BrN4OS2/c15-11-7-6-10(21-11)8-16-13-18-19-14(22-13)17-12(20)9-4-2-1-3-5-9/h1-8H,(H,17,19,20)/b16-8+. The highest BCUT2D eigenvalue weighted by molar-refractivity contribution is 9.11. The first-order valence-corrected chi connectivity index (χ1v) is 8.62. The van der Waals surface area contributed by atoms with E-state index in [0.717, 1.165) is 8.66 Å². The molecule has 8 heteroatoms. The Hall–Kier alpha value is -1.90. The molecule has 5 nitrogen and oxygen atoms in total. The summed E-state index contributed by atoms with van der Waals surface area (Å²) in [4.78, 5) is 17.3. The molecule has 0 aliphatic rings. The molecule has 22 heavy (non-hydrogen) atoms. The zero-order chi connectivity index (χ0) is 15.4. The summed E-state index contributed by atoms with van der Waals surface area (Å²) in [6, 6.07) is 12.9. The van der Waals surface area contributed by atoms with E-state index in [2.05, 4.69) is 36.4 Å². The first-order valence-electron chi connectivity index (χ1n) is 6.20. The molecule has 0 unspecified atom stereocenters. The van der Waals surface area contributed by atoms with E-state index >= 15 is 0 Å². The van der Waals surface area contributed by atoms with Crippen molar-refractivity contribution in [3.8, 4) is 0 Å². The number of hydrogen-bond acceptors (Lipinski definition) is 6. The fourth-order valence-electron chi connectivity index (χ4n) is 1.59. The van der Waals surface area contributed by atoms with Gasteiger partial charge in [-0.25, -0.2) is 4.99 Å². The molecule has 1 amide bonds. The number of carbonyl (C=O) groups excluding carboxylic acids is 1. The van der Waals surface area contributed by atoms with Gasteiger partial charge >= 0.3 is 0 Å². The minimum atomic E-state index is -0.213. The maximum absolute atomic E-state index is 12.0. The summed E-state index contributed by atoms with van der Waals surface area (Å²) in [5.74, 6) is -0.213. The van der Waals surface area contributed by atoms with Gasteiger partial charge in [-0.05, 0) is 40.2 Å². The molecule has 0 saturated heterocycles.